The largest absolute Gasteiger partial charge is 4.00 e. The molecule has 0 amide bonds. The van der Waals surface area contributed by atoms with Gasteiger partial charge in [0.2, 0.25) is 0 Å². The Balaban J connectivity index is -0.0000000267. The zero-order chi connectivity index (χ0) is 9.00. The van der Waals surface area contributed by atoms with Gasteiger partial charge in [0.05, 0.1) is 15.6 Å². The number of rotatable bonds is 0. The molecule has 0 aliphatic heterocycles. The maximum absolute atomic E-state index is 8.66. The van der Waals surface area contributed by atoms with E-state index in [0.29, 0.717) is 0 Å². The molecule has 0 unspecified atom stereocenters. The van der Waals surface area contributed by atoms with E-state index in [1.807, 2.05) is 0 Å². The van der Waals surface area contributed by atoms with Crippen molar-refractivity contribution in [2.75, 3.05) is 0 Å². The van der Waals surface area contributed by atoms with Crippen molar-refractivity contribution in [3.05, 3.63) is 0 Å². The average molecular weight is 368 g/mol. The zero-order valence-electron chi connectivity index (χ0n) is 5.74. The van der Waals surface area contributed by atoms with Crippen LogP contribution in [0.4, 0.5) is 0 Å². The van der Waals surface area contributed by atoms with E-state index in [0.717, 1.165) is 0 Å². The summed E-state index contributed by atoms with van der Waals surface area (Å²) < 4.78 is 17.3. The second kappa shape index (κ2) is 11.6. The van der Waals surface area contributed by atoms with Gasteiger partial charge in [-0.1, -0.05) is 0 Å². The second-order valence-electron chi connectivity index (χ2n) is 0.937. The monoisotopic (exact) mass is 368 g/mol. The summed E-state index contributed by atoms with van der Waals surface area (Å²) >= 11 is 0. The van der Waals surface area contributed by atoms with Crippen LogP contribution in [-0.2, 0) is 9.13 Å². The third kappa shape index (κ3) is 779. The standard InChI is InChI=1S/Ce.2H3O4P.2H2O/c;2*1-5(2,3)4;;/h;2*(H3,1,2,3,4);2*1H2/q+4;;;;/p-4. The Kier molecular flexibility index (Phi) is 26.1. The molecule has 6 N–H and O–H groups in total. The fraction of sp³-hybridized carbons (Fsp3) is 0. The van der Waals surface area contributed by atoms with Crippen LogP contribution < -0.4 is 19.6 Å². The minimum Gasteiger partial charge on any atom is -0.790 e. The quantitative estimate of drug-likeness (QED) is 0.390. The molecule has 13 heavy (non-hydrogen) atoms. The Bertz CT molecular complexity index is 125. The molecule has 0 rings (SSSR count). The van der Waals surface area contributed by atoms with Crippen LogP contribution in [0.15, 0.2) is 0 Å². The van der Waals surface area contributed by atoms with Gasteiger partial charge in [-0.15, -0.1) is 0 Å². The van der Waals surface area contributed by atoms with Crippen LogP contribution in [0, 0.1) is 41.7 Å². The summed E-state index contributed by atoms with van der Waals surface area (Å²) in [5, 5.41) is 0. The fourth-order valence-corrected chi connectivity index (χ4v) is 0. The molecule has 0 radical (unpaired) electrons. The normalized spacial score (nSPS) is 9.08. The van der Waals surface area contributed by atoms with Gasteiger partial charge in [0.1, 0.15) is 0 Å². The molecule has 0 aromatic carbocycles. The van der Waals surface area contributed by atoms with Crippen molar-refractivity contribution in [1.82, 2.24) is 0 Å². The summed E-state index contributed by atoms with van der Waals surface area (Å²) in [7, 11) is -10.3. The van der Waals surface area contributed by atoms with Crippen molar-refractivity contribution in [3.63, 3.8) is 0 Å². The number of hydrogen-bond acceptors (Lipinski definition) is 6. The SMILES string of the molecule is O.O.O=P([O-])([O-])O.O=P([O-])([O-])O.[Ce+4]. The summed E-state index contributed by atoms with van der Waals surface area (Å²) in [6.07, 6.45) is 0. The summed E-state index contributed by atoms with van der Waals surface area (Å²) in [6, 6.07) is 0. The fourth-order valence-electron chi connectivity index (χ4n) is 0. The molecular weight excluding hydrogens is 362 g/mol. The Morgan fingerprint density at radius 3 is 0.769 bits per heavy atom. The van der Waals surface area contributed by atoms with Gasteiger partial charge in [0, 0.05) is 0 Å². The predicted molar refractivity (Wildman–Crippen MR) is 26.9 cm³/mol. The van der Waals surface area contributed by atoms with Gasteiger partial charge in [-0.25, -0.2) is 0 Å². The molecule has 0 aliphatic carbocycles. The van der Waals surface area contributed by atoms with Gasteiger partial charge in [-0.2, -0.15) is 0 Å². The van der Waals surface area contributed by atoms with Crippen LogP contribution in [0.5, 0.6) is 0 Å². The van der Waals surface area contributed by atoms with Crippen molar-refractivity contribution in [2.45, 2.75) is 0 Å². The summed E-state index contributed by atoms with van der Waals surface area (Å²) in [5.41, 5.74) is 0. The van der Waals surface area contributed by atoms with E-state index < -0.39 is 15.6 Å². The molecule has 0 heterocycles. The Labute approximate surface area is 106 Å². The van der Waals surface area contributed by atoms with E-state index in [4.69, 9.17) is 38.5 Å². The first-order valence-electron chi connectivity index (χ1n) is 1.50. The predicted octanol–water partition coefficient (Wildman–Crippen LogP) is -6.03. The molecule has 0 aliphatic rings. The molecule has 0 fully saturated rings. The Morgan fingerprint density at radius 2 is 0.769 bits per heavy atom. The van der Waals surface area contributed by atoms with Gasteiger partial charge in [-0.3, -0.25) is 0 Å². The molecule has 0 aromatic rings. The van der Waals surface area contributed by atoms with Crippen molar-refractivity contribution in [3.8, 4) is 0 Å². The van der Waals surface area contributed by atoms with Crippen LogP contribution in [0.1, 0.15) is 0 Å². The van der Waals surface area contributed by atoms with Crippen LogP contribution >= 0.6 is 15.6 Å². The molecule has 0 saturated heterocycles. The first kappa shape index (κ1) is 29.3. The van der Waals surface area contributed by atoms with Crippen LogP contribution in [0.25, 0.3) is 0 Å². The molecule has 10 nitrogen and oxygen atoms in total. The minimum atomic E-state index is -5.14. The van der Waals surface area contributed by atoms with Gasteiger partial charge in [-0.05, 0) is 0 Å². The van der Waals surface area contributed by atoms with Crippen molar-refractivity contribution >= 4 is 15.6 Å². The van der Waals surface area contributed by atoms with Gasteiger partial charge in [0.15, 0.2) is 0 Å². The Morgan fingerprint density at radius 1 is 0.769 bits per heavy atom. The van der Waals surface area contributed by atoms with E-state index in [-0.39, 0.29) is 52.7 Å². The second-order valence-corrected chi connectivity index (χ2v) is 2.81. The number of phosphoric acid groups is 2. The maximum Gasteiger partial charge on any atom is 4.00 e. The molecule has 0 atom stereocenters. The molecule has 0 spiro atoms. The maximum atomic E-state index is 8.66. The minimum absolute atomic E-state index is 0. The molecule has 0 aromatic heterocycles. The summed E-state index contributed by atoms with van der Waals surface area (Å²) in [5.74, 6) is 0. The molecule has 13 heteroatoms. The van der Waals surface area contributed by atoms with Crippen molar-refractivity contribution in [2.24, 2.45) is 0 Å². The van der Waals surface area contributed by atoms with E-state index in [2.05, 4.69) is 0 Å². The zero-order valence-corrected chi connectivity index (χ0v) is 10.7. The summed E-state index contributed by atoms with van der Waals surface area (Å²) in [4.78, 5) is 48.6. The van der Waals surface area contributed by atoms with Gasteiger partial charge < -0.3 is 49.4 Å². The third-order valence-electron chi connectivity index (χ3n) is 0. The van der Waals surface area contributed by atoms with E-state index in [1.165, 1.54) is 0 Å². The molecule has 0 saturated carbocycles. The topological polar surface area (TPSA) is 230 Å². The third-order valence-corrected chi connectivity index (χ3v) is 0. The first-order valence-corrected chi connectivity index (χ1v) is 4.49. The molecule has 0 bridgehead atoms. The van der Waals surface area contributed by atoms with E-state index in [9.17, 15) is 0 Å². The van der Waals surface area contributed by atoms with Crippen LogP contribution in [0.2, 0.25) is 0 Å². The van der Waals surface area contributed by atoms with E-state index >= 15 is 0 Å². The Hall–Kier alpha value is 1.52. The van der Waals surface area contributed by atoms with E-state index in [1.54, 1.807) is 0 Å². The average Bonchev–Trinajstić information content (AvgIpc) is 1.12. The molecular formula is H6CeO10P2. The van der Waals surface area contributed by atoms with Gasteiger partial charge in [0.25, 0.3) is 0 Å². The van der Waals surface area contributed by atoms with Gasteiger partial charge >= 0.3 is 41.7 Å². The van der Waals surface area contributed by atoms with Crippen molar-refractivity contribution in [1.29, 1.82) is 0 Å². The first-order chi connectivity index (χ1) is 4.00. The number of hydrogen-bond donors (Lipinski definition) is 2. The summed E-state index contributed by atoms with van der Waals surface area (Å²) in [6.45, 7) is 0. The van der Waals surface area contributed by atoms with Crippen LogP contribution in [-0.4, -0.2) is 20.7 Å². The molecule has 80 valence electrons. The van der Waals surface area contributed by atoms with Crippen LogP contribution in [0.3, 0.4) is 0 Å². The smallest absolute Gasteiger partial charge is 0.790 e. The van der Waals surface area contributed by atoms with Crippen molar-refractivity contribution < 1.29 is 91.2 Å².